The van der Waals surface area contributed by atoms with Crippen molar-refractivity contribution in [3.05, 3.63) is 23.8 Å². The van der Waals surface area contributed by atoms with E-state index in [0.717, 1.165) is 12.0 Å². The molecule has 2 fully saturated rings. The van der Waals surface area contributed by atoms with Gasteiger partial charge in [-0.05, 0) is 54.9 Å². The molecule has 1 N–H and O–H groups in total. The van der Waals surface area contributed by atoms with E-state index in [4.69, 9.17) is 9.47 Å². The summed E-state index contributed by atoms with van der Waals surface area (Å²) >= 11 is 0. The molecule has 0 unspecified atom stereocenters. The highest BCUT2D eigenvalue weighted by atomic mass is 16.5. The number of amides is 1. The fourth-order valence-electron chi connectivity index (χ4n) is 4.13. The molecular formula is C19H26N2O3. The molecular weight excluding hydrogens is 304 g/mol. The van der Waals surface area contributed by atoms with Gasteiger partial charge in [0.1, 0.15) is 0 Å². The minimum Gasteiger partial charge on any atom is -0.493 e. The van der Waals surface area contributed by atoms with E-state index in [-0.39, 0.29) is 17.2 Å². The molecule has 0 bridgehead atoms. The Morgan fingerprint density at radius 2 is 2.25 bits per heavy atom. The second-order valence-electron chi connectivity index (χ2n) is 6.91. The van der Waals surface area contributed by atoms with Crippen molar-refractivity contribution in [3.63, 3.8) is 0 Å². The first-order valence-electron chi connectivity index (χ1n) is 8.74. The highest BCUT2D eigenvalue weighted by Crippen LogP contribution is 2.66. The zero-order chi connectivity index (χ0) is 17.2. The van der Waals surface area contributed by atoms with Crippen LogP contribution in [0, 0.1) is 17.3 Å². The smallest absolute Gasteiger partial charge is 0.244 e. The zero-order valence-electron chi connectivity index (χ0n) is 14.7. The summed E-state index contributed by atoms with van der Waals surface area (Å²) in [7, 11) is 1.61. The van der Waals surface area contributed by atoms with Gasteiger partial charge in [0.05, 0.1) is 19.9 Å². The van der Waals surface area contributed by atoms with E-state index in [1.54, 1.807) is 13.3 Å². The lowest BCUT2D eigenvalue weighted by Gasteiger charge is -2.15. The fourth-order valence-corrected chi connectivity index (χ4v) is 4.13. The minimum atomic E-state index is 0.0542. The number of fused-ring (bicyclic) bond motifs is 1. The van der Waals surface area contributed by atoms with Crippen LogP contribution in [-0.4, -0.2) is 25.8 Å². The summed E-state index contributed by atoms with van der Waals surface area (Å²) in [6, 6.07) is 5.59. The van der Waals surface area contributed by atoms with Gasteiger partial charge in [0.15, 0.2) is 11.5 Å². The van der Waals surface area contributed by atoms with Crippen LogP contribution in [0.1, 0.15) is 45.1 Å². The van der Waals surface area contributed by atoms with E-state index >= 15 is 0 Å². The molecule has 0 aliphatic heterocycles. The Hall–Kier alpha value is -2.04. The molecule has 0 radical (unpaired) electrons. The molecule has 0 heterocycles. The third-order valence-electron chi connectivity index (χ3n) is 5.49. The molecule has 3 atom stereocenters. The number of nitrogens with zero attached hydrogens (tertiary/aromatic N) is 1. The molecule has 0 spiro atoms. The summed E-state index contributed by atoms with van der Waals surface area (Å²) in [5.41, 5.74) is 3.78. The van der Waals surface area contributed by atoms with Crippen LogP contribution in [0.15, 0.2) is 23.3 Å². The summed E-state index contributed by atoms with van der Waals surface area (Å²) in [6.07, 6.45) is 6.47. The lowest BCUT2D eigenvalue weighted by Crippen LogP contribution is -2.22. The standard InChI is InChI=1S/C19H26N2O3/c1-4-24-15-9-8-13(11-16(15)23-3)12-20-21-18(22)17-14-7-5-6-10-19(14,17)2/h8-9,11-12,14,17H,4-7,10H2,1-3H3,(H,21,22)/b20-12-/t14-,17-,19+/m1/s1. The average Bonchev–Trinajstić information content (AvgIpc) is 3.21. The van der Waals surface area contributed by atoms with Crippen molar-refractivity contribution in [1.29, 1.82) is 0 Å². The normalized spacial score (nSPS) is 28.3. The average molecular weight is 330 g/mol. The molecule has 1 aromatic rings. The van der Waals surface area contributed by atoms with Crippen molar-refractivity contribution < 1.29 is 14.3 Å². The van der Waals surface area contributed by atoms with Gasteiger partial charge in [-0.15, -0.1) is 0 Å². The van der Waals surface area contributed by atoms with Crippen LogP contribution < -0.4 is 14.9 Å². The molecule has 1 amide bonds. The van der Waals surface area contributed by atoms with Crippen LogP contribution in [0.4, 0.5) is 0 Å². The molecule has 5 nitrogen and oxygen atoms in total. The van der Waals surface area contributed by atoms with Gasteiger partial charge in [0.2, 0.25) is 5.91 Å². The Morgan fingerprint density at radius 3 is 2.92 bits per heavy atom. The van der Waals surface area contributed by atoms with Crippen LogP contribution in [0.3, 0.4) is 0 Å². The van der Waals surface area contributed by atoms with E-state index < -0.39 is 0 Å². The van der Waals surface area contributed by atoms with Gasteiger partial charge in [0, 0.05) is 5.92 Å². The number of hydrazone groups is 1. The molecule has 0 saturated heterocycles. The van der Waals surface area contributed by atoms with Crippen LogP contribution in [0.5, 0.6) is 11.5 Å². The topological polar surface area (TPSA) is 59.9 Å². The van der Waals surface area contributed by atoms with Gasteiger partial charge >= 0.3 is 0 Å². The molecule has 24 heavy (non-hydrogen) atoms. The van der Waals surface area contributed by atoms with E-state index in [9.17, 15) is 4.79 Å². The van der Waals surface area contributed by atoms with E-state index in [1.165, 1.54) is 19.3 Å². The number of nitrogens with one attached hydrogen (secondary N) is 1. The third kappa shape index (κ3) is 3.12. The highest BCUT2D eigenvalue weighted by molar-refractivity contribution is 5.86. The van der Waals surface area contributed by atoms with Crippen molar-refractivity contribution >= 4 is 12.1 Å². The van der Waals surface area contributed by atoms with E-state index in [0.29, 0.717) is 24.0 Å². The Bertz CT molecular complexity index is 643. The fraction of sp³-hybridized carbons (Fsp3) is 0.579. The van der Waals surface area contributed by atoms with Crippen LogP contribution in [0.25, 0.3) is 0 Å². The Morgan fingerprint density at radius 1 is 1.42 bits per heavy atom. The second-order valence-corrected chi connectivity index (χ2v) is 6.91. The van der Waals surface area contributed by atoms with Crippen molar-refractivity contribution in [1.82, 2.24) is 5.43 Å². The lowest BCUT2D eigenvalue weighted by molar-refractivity contribution is -0.123. The number of hydrogen-bond acceptors (Lipinski definition) is 4. The number of rotatable bonds is 6. The highest BCUT2D eigenvalue weighted by Gasteiger charge is 2.64. The number of carbonyl (C=O) groups is 1. The van der Waals surface area contributed by atoms with Crippen molar-refractivity contribution in [2.45, 2.75) is 39.5 Å². The number of benzene rings is 1. The van der Waals surface area contributed by atoms with Gasteiger partial charge < -0.3 is 9.47 Å². The van der Waals surface area contributed by atoms with Crippen LogP contribution in [0.2, 0.25) is 0 Å². The quantitative estimate of drug-likeness (QED) is 0.642. The molecule has 3 rings (SSSR count). The second kappa shape index (κ2) is 6.83. The summed E-state index contributed by atoms with van der Waals surface area (Å²) in [5, 5.41) is 4.12. The first kappa shape index (κ1) is 16.8. The number of hydrogen-bond donors (Lipinski definition) is 1. The first-order chi connectivity index (χ1) is 11.6. The molecule has 1 aromatic carbocycles. The van der Waals surface area contributed by atoms with Crippen molar-refractivity contribution in [2.24, 2.45) is 22.4 Å². The first-order valence-corrected chi connectivity index (χ1v) is 8.74. The van der Waals surface area contributed by atoms with E-state index in [2.05, 4.69) is 17.5 Å². The summed E-state index contributed by atoms with van der Waals surface area (Å²) in [6.45, 7) is 4.75. The van der Waals surface area contributed by atoms with Crippen molar-refractivity contribution in [3.8, 4) is 11.5 Å². The Labute approximate surface area is 143 Å². The van der Waals surface area contributed by atoms with E-state index in [1.807, 2.05) is 25.1 Å². The Balaban J connectivity index is 1.59. The zero-order valence-corrected chi connectivity index (χ0v) is 14.7. The number of ether oxygens (including phenoxy) is 2. The maximum atomic E-state index is 12.4. The Kier molecular flexibility index (Phi) is 4.78. The molecule has 5 heteroatoms. The van der Waals surface area contributed by atoms with Gasteiger partial charge in [-0.25, -0.2) is 5.43 Å². The van der Waals surface area contributed by atoms with Gasteiger partial charge in [-0.2, -0.15) is 5.10 Å². The van der Waals surface area contributed by atoms with Gasteiger partial charge in [-0.1, -0.05) is 19.8 Å². The largest absolute Gasteiger partial charge is 0.493 e. The predicted molar refractivity (Wildman–Crippen MR) is 93.5 cm³/mol. The molecule has 2 aliphatic carbocycles. The third-order valence-corrected chi connectivity index (χ3v) is 5.49. The van der Waals surface area contributed by atoms with Crippen LogP contribution >= 0.6 is 0 Å². The summed E-state index contributed by atoms with van der Waals surface area (Å²) in [5.74, 6) is 2.10. The molecule has 2 saturated carbocycles. The summed E-state index contributed by atoms with van der Waals surface area (Å²) < 4.78 is 10.8. The van der Waals surface area contributed by atoms with Gasteiger partial charge in [-0.3, -0.25) is 4.79 Å². The number of methoxy groups -OCH3 is 1. The number of carbonyl (C=O) groups excluding carboxylic acids is 1. The van der Waals surface area contributed by atoms with Crippen LogP contribution in [-0.2, 0) is 4.79 Å². The molecule has 130 valence electrons. The SMILES string of the molecule is CCOc1ccc(/C=N\NC(=O)[C@H]2[C@H]3CCCC[C@@]32C)cc1OC. The predicted octanol–water partition coefficient (Wildman–Crippen LogP) is 3.37. The van der Waals surface area contributed by atoms with Gasteiger partial charge in [0.25, 0.3) is 0 Å². The monoisotopic (exact) mass is 330 g/mol. The maximum absolute atomic E-state index is 12.4. The van der Waals surface area contributed by atoms with Crippen molar-refractivity contribution in [2.75, 3.05) is 13.7 Å². The maximum Gasteiger partial charge on any atom is 0.244 e. The minimum absolute atomic E-state index is 0.0542. The molecule has 0 aromatic heterocycles. The summed E-state index contributed by atoms with van der Waals surface area (Å²) in [4.78, 5) is 12.4. The molecule has 2 aliphatic rings. The lowest BCUT2D eigenvalue weighted by atomic mass is 9.90.